The molecule has 1 aliphatic heterocycles. The maximum atomic E-state index is 11.8. The van der Waals surface area contributed by atoms with Crippen molar-refractivity contribution in [1.82, 2.24) is 0 Å². The molecule has 0 bridgehead atoms. The van der Waals surface area contributed by atoms with Crippen LogP contribution in [0.3, 0.4) is 0 Å². The molecule has 128 valence electrons. The summed E-state index contributed by atoms with van der Waals surface area (Å²) < 4.78 is 11.9. The Kier molecular flexibility index (Phi) is 7.66. The number of allylic oxidation sites excluding steroid dienone is 1. The number of carbonyl (C=O) groups excluding carboxylic acids is 1. The van der Waals surface area contributed by atoms with E-state index in [2.05, 4.69) is 13.2 Å². The normalized spacial score (nSPS) is 27.7. The lowest BCUT2D eigenvalue weighted by Crippen LogP contribution is -2.39. The minimum absolute atomic E-state index is 0.0759. The van der Waals surface area contributed by atoms with Crippen LogP contribution in [0.4, 0.5) is 0 Å². The summed E-state index contributed by atoms with van der Waals surface area (Å²) in [5.41, 5.74) is 2.99. The molecule has 1 aliphatic carbocycles. The molecular weight excluding hydrogens is 288 g/mol. The topological polar surface area (TPSA) is 35.5 Å². The van der Waals surface area contributed by atoms with E-state index in [-0.39, 0.29) is 23.9 Å². The number of ether oxygens (including phenoxy) is 2. The van der Waals surface area contributed by atoms with E-state index >= 15 is 0 Å². The van der Waals surface area contributed by atoms with Crippen LogP contribution in [-0.2, 0) is 14.3 Å². The van der Waals surface area contributed by atoms with E-state index in [0.717, 1.165) is 23.1 Å². The molecule has 4 atom stereocenters. The van der Waals surface area contributed by atoms with Crippen molar-refractivity contribution >= 4 is 5.78 Å². The standard InChI is InChI=1S/C18H24O3.C2H6/c1-6-14(7-11(2)3)20-18-9-12(4)15-10-16(19)13(5)8-17(15)21-18;1-2/h6,8-9,14-15,17-18H,1-2,7,10H2,3-5H3;1-2H3/t14?,15?,17?,18-;/m1./s1. The maximum absolute atomic E-state index is 11.8. The number of hydrogen-bond acceptors (Lipinski definition) is 3. The Morgan fingerprint density at radius 3 is 2.65 bits per heavy atom. The third kappa shape index (κ3) is 5.29. The molecule has 2 rings (SSSR count). The first kappa shape index (κ1) is 19.6. The molecule has 0 aromatic heterocycles. The van der Waals surface area contributed by atoms with Gasteiger partial charge in [-0.1, -0.05) is 31.1 Å². The van der Waals surface area contributed by atoms with Crippen molar-refractivity contribution in [2.45, 2.75) is 66.0 Å². The fraction of sp³-hybridized carbons (Fsp3) is 0.550. The van der Waals surface area contributed by atoms with E-state index in [1.54, 1.807) is 6.08 Å². The van der Waals surface area contributed by atoms with Crippen molar-refractivity contribution in [3.63, 3.8) is 0 Å². The number of Topliss-reactive ketones (excluding diaryl/α,β-unsaturated/α-hetero) is 1. The largest absolute Gasteiger partial charge is 0.341 e. The molecule has 3 heteroatoms. The lowest BCUT2D eigenvalue weighted by molar-refractivity contribution is -0.166. The smallest absolute Gasteiger partial charge is 0.178 e. The lowest BCUT2D eigenvalue weighted by Gasteiger charge is -2.37. The quantitative estimate of drug-likeness (QED) is 0.686. The highest BCUT2D eigenvalue weighted by molar-refractivity contribution is 5.96. The van der Waals surface area contributed by atoms with Crippen LogP contribution >= 0.6 is 0 Å². The van der Waals surface area contributed by atoms with Gasteiger partial charge in [0.1, 0.15) is 0 Å². The molecule has 0 N–H and O–H groups in total. The average Bonchev–Trinajstić information content (AvgIpc) is 2.50. The minimum atomic E-state index is -0.397. The van der Waals surface area contributed by atoms with Crippen LogP contribution in [0.5, 0.6) is 0 Å². The van der Waals surface area contributed by atoms with Crippen LogP contribution in [0.2, 0.25) is 0 Å². The Bertz CT molecular complexity index is 513. The molecule has 3 nitrogen and oxygen atoms in total. The minimum Gasteiger partial charge on any atom is -0.341 e. The van der Waals surface area contributed by atoms with Gasteiger partial charge in [0.25, 0.3) is 0 Å². The van der Waals surface area contributed by atoms with Gasteiger partial charge < -0.3 is 9.47 Å². The van der Waals surface area contributed by atoms with Gasteiger partial charge in [-0.25, -0.2) is 0 Å². The number of carbonyl (C=O) groups is 1. The van der Waals surface area contributed by atoms with E-state index in [0.29, 0.717) is 6.42 Å². The third-order valence-electron chi connectivity index (χ3n) is 4.05. The maximum Gasteiger partial charge on any atom is 0.178 e. The fourth-order valence-electron chi connectivity index (χ4n) is 2.79. The highest BCUT2D eigenvalue weighted by Crippen LogP contribution is 2.34. The zero-order valence-electron chi connectivity index (χ0n) is 15.1. The summed E-state index contributed by atoms with van der Waals surface area (Å²) in [6, 6.07) is 0. The predicted octanol–water partition coefficient (Wildman–Crippen LogP) is 4.76. The molecule has 0 aromatic rings. The van der Waals surface area contributed by atoms with Gasteiger partial charge in [0.15, 0.2) is 12.1 Å². The first-order valence-corrected chi connectivity index (χ1v) is 8.38. The molecule has 23 heavy (non-hydrogen) atoms. The highest BCUT2D eigenvalue weighted by Gasteiger charge is 2.35. The zero-order chi connectivity index (χ0) is 17.6. The van der Waals surface area contributed by atoms with E-state index in [1.807, 2.05) is 46.8 Å². The van der Waals surface area contributed by atoms with Crippen molar-refractivity contribution in [3.8, 4) is 0 Å². The van der Waals surface area contributed by atoms with E-state index < -0.39 is 6.29 Å². The van der Waals surface area contributed by atoms with Gasteiger partial charge in [-0.3, -0.25) is 4.79 Å². The summed E-state index contributed by atoms with van der Waals surface area (Å²) in [6.07, 6.45) is 6.35. The number of rotatable bonds is 5. The third-order valence-corrected chi connectivity index (χ3v) is 4.05. The monoisotopic (exact) mass is 318 g/mol. The first-order chi connectivity index (χ1) is 10.9. The van der Waals surface area contributed by atoms with Gasteiger partial charge in [0.05, 0.1) is 12.2 Å². The Hall–Kier alpha value is -1.45. The number of ketones is 1. The predicted molar refractivity (Wildman–Crippen MR) is 95.1 cm³/mol. The summed E-state index contributed by atoms with van der Waals surface area (Å²) >= 11 is 0. The van der Waals surface area contributed by atoms with Crippen molar-refractivity contribution < 1.29 is 14.3 Å². The molecule has 0 saturated heterocycles. The summed E-state index contributed by atoms with van der Waals surface area (Å²) in [5.74, 6) is 0.350. The average molecular weight is 318 g/mol. The van der Waals surface area contributed by atoms with Gasteiger partial charge in [0, 0.05) is 12.3 Å². The summed E-state index contributed by atoms with van der Waals surface area (Å²) in [6.45, 7) is 17.6. The Balaban J connectivity index is 0.00000127. The molecule has 0 fully saturated rings. The van der Waals surface area contributed by atoms with E-state index in [4.69, 9.17) is 9.47 Å². The second kappa shape index (κ2) is 8.99. The molecule has 2 aliphatic rings. The number of hydrogen-bond donors (Lipinski definition) is 0. The highest BCUT2D eigenvalue weighted by atomic mass is 16.7. The van der Waals surface area contributed by atoms with Gasteiger partial charge in [-0.2, -0.15) is 0 Å². The molecule has 1 heterocycles. The summed E-state index contributed by atoms with van der Waals surface area (Å²) in [4.78, 5) is 11.8. The fourth-order valence-corrected chi connectivity index (χ4v) is 2.79. The zero-order valence-corrected chi connectivity index (χ0v) is 15.1. The first-order valence-electron chi connectivity index (χ1n) is 8.38. The molecule has 0 spiro atoms. The molecule has 3 unspecified atom stereocenters. The number of fused-ring (bicyclic) bond motifs is 1. The second-order valence-electron chi connectivity index (χ2n) is 6.03. The Labute approximate surface area is 140 Å². The summed E-state index contributed by atoms with van der Waals surface area (Å²) in [7, 11) is 0. The summed E-state index contributed by atoms with van der Waals surface area (Å²) in [5, 5.41) is 0. The molecule has 0 aromatic carbocycles. The van der Waals surface area contributed by atoms with Crippen molar-refractivity contribution in [3.05, 3.63) is 48.1 Å². The lowest BCUT2D eigenvalue weighted by atomic mass is 9.81. The molecular formula is C20H30O3. The molecule has 0 saturated carbocycles. The molecule has 0 radical (unpaired) electrons. The van der Waals surface area contributed by atoms with Crippen LogP contribution in [0, 0.1) is 5.92 Å². The SMILES string of the molecule is C=CC(CC(=C)C)O[C@H]1C=C(C)C2CC(=O)C(C)=CC2O1.CC. The van der Waals surface area contributed by atoms with Crippen LogP contribution in [-0.4, -0.2) is 24.3 Å². The van der Waals surface area contributed by atoms with Crippen molar-refractivity contribution in [2.75, 3.05) is 0 Å². The van der Waals surface area contributed by atoms with Crippen molar-refractivity contribution in [1.29, 1.82) is 0 Å². The van der Waals surface area contributed by atoms with Gasteiger partial charge in [-0.05, 0) is 44.9 Å². The van der Waals surface area contributed by atoms with Crippen molar-refractivity contribution in [2.24, 2.45) is 5.92 Å². The van der Waals surface area contributed by atoms with Crippen LogP contribution < -0.4 is 0 Å². The Morgan fingerprint density at radius 1 is 1.43 bits per heavy atom. The molecule has 0 amide bonds. The van der Waals surface area contributed by atoms with Gasteiger partial charge in [-0.15, -0.1) is 13.2 Å². The van der Waals surface area contributed by atoms with Crippen LogP contribution in [0.1, 0.15) is 47.5 Å². The Morgan fingerprint density at radius 2 is 2.09 bits per heavy atom. The van der Waals surface area contributed by atoms with E-state index in [1.165, 1.54) is 0 Å². The van der Waals surface area contributed by atoms with Crippen LogP contribution in [0.15, 0.2) is 48.1 Å². The van der Waals surface area contributed by atoms with E-state index in [9.17, 15) is 4.79 Å². The van der Waals surface area contributed by atoms with Gasteiger partial charge >= 0.3 is 0 Å². The second-order valence-corrected chi connectivity index (χ2v) is 6.03. The van der Waals surface area contributed by atoms with Crippen LogP contribution in [0.25, 0.3) is 0 Å². The van der Waals surface area contributed by atoms with Gasteiger partial charge in [0.2, 0.25) is 0 Å².